The summed E-state index contributed by atoms with van der Waals surface area (Å²) in [5.74, 6) is 0.0128. The smallest absolute Gasteiger partial charge is 0.243 e. The highest BCUT2D eigenvalue weighted by atomic mass is 32.2. The fraction of sp³-hybridized carbons (Fsp3) is 0.650. The third-order valence-corrected chi connectivity index (χ3v) is 6.84. The van der Waals surface area contributed by atoms with Gasteiger partial charge in [0.25, 0.3) is 0 Å². The van der Waals surface area contributed by atoms with Gasteiger partial charge >= 0.3 is 0 Å². The SMILES string of the molecule is CCCc1ccc(S(=O)(=O)N2CCN(CC(=O)N[C@@H](C)CCC)CC2)cc1. The van der Waals surface area contributed by atoms with E-state index in [1.807, 2.05) is 24.0 Å². The number of aryl methyl sites for hydroxylation is 1. The number of carbonyl (C=O) groups is 1. The minimum Gasteiger partial charge on any atom is -0.353 e. The monoisotopic (exact) mass is 395 g/mol. The van der Waals surface area contributed by atoms with E-state index in [1.54, 1.807) is 12.1 Å². The number of piperazine rings is 1. The van der Waals surface area contributed by atoms with Gasteiger partial charge in [-0.25, -0.2) is 8.42 Å². The van der Waals surface area contributed by atoms with Crippen molar-refractivity contribution in [3.05, 3.63) is 29.8 Å². The van der Waals surface area contributed by atoms with Crippen LogP contribution in [0, 0.1) is 0 Å². The zero-order valence-electron chi connectivity index (χ0n) is 16.8. The number of rotatable bonds is 9. The lowest BCUT2D eigenvalue weighted by molar-refractivity contribution is -0.123. The Morgan fingerprint density at radius 2 is 1.70 bits per heavy atom. The second-order valence-electron chi connectivity index (χ2n) is 7.33. The van der Waals surface area contributed by atoms with Crippen molar-refractivity contribution in [2.45, 2.75) is 57.4 Å². The van der Waals surface area contributed by atoms with Crippen LogP contribution < -0.4 is 5.32 Å². The fourth-order valence-corrected chi connectivity index (χ4v) is 4.84. The molecule has 1 heterocycles. The third-order valence-electron chi connectivity index (χ3n) is 4.93. The van der Waals surface area contributed by atoms with Crippen LogP contribution in [0.5, 0.6) is 0 Å². The summed E-state index contributed by atoms with van der Waals surface area (Å²) in [7, 11) is -3.47. The Kier molecular flexibility index (Phi) is 8.26. The Bertz CT molecular complexity index is 696. The molecule has 1 fully saturated rings. The van der Waals surface area contributed by atoms with Gasteiger partial charge in [0.1, 0.15) is 0 Å². The lowest BCUT2D eigenvalue weighted by atomic mass is 10.1. The van der Waals surface area contributed by atoms with Crippen molar-refractivity contribution in [1.82, 2.24) is 14.5 Å². The Hall–Kier alpha value is -1.44. The Labute approximate surface area is 164 Å². The van der Waals surface area contributed by atoms with Crippen LogP contribution in [0.4, 0.5) is 0 Å². The summed E-state index contributed by atoms with van der Waals surface area (Å²) in [6.07, 6.45) is 4.00. The molecule has 1 aromatic carbocycles. The molecule has 152 valence electrons. The van der Waals surface area contributed by atoms with Crippen LogP contribution in [0.3, 0.4) is 0 Å². The molecule has 6 nitrogen and oxygen atoms in total. The van der Waals surface area contributed by atoms with E-state index < -0.39 is 10.0 Å². The summed E-state index contributed by atoms with van der Waals surface area (Å²) in [4.78, 5) is 14.5. The van der Waals surface area contributed by atoms with Gasteiger partial charge in [-0.3, -0.25) is 9.69 Å². The second kappa shape index (κ2) is 10.2. The molecular formula is C20H33N3O3S. The highest BCUT2D eigenvalue weighted by Crippen LogP contribution is 2.18. The van der Waals surface area contributed by atoms with Gasteiger partial charge in [0, 0.05) is 32.2 Å². The lowest BCUT2D eigenvalue weighted by Crippen LogP contribution is -2.51. The molecule has 27 heavy (non-hydrogen) atoms. The van der Waals surface area contributed by atoms with Gasteiger partial charge in [0.05, 0.1) is 11.4 Å². The van der Waals surface area contributed by atoms with E-state index in [0.717, 1.165) is 31.2 Å². The molecule has 0 aromatic heterocycles. The number of sulfonamides is 1. The average Bonchev–Trinajstić information content (AvgIpc) is 2.63. The quantitative estimate of drug-likeness (QED) is 0.696. The highest BCUT2D eigenvalue weighted by Gasteiger charge is 2.29. The summed E-state index contributed by atoms with van der Waals surface area (Å²) < 4.78 is 27.2. The molecule has 1 aromatic rings. The molecule has 0 radical (unpaired) electrons. The van der Waals surface area contributed by atoms with Crippen molar-refractivity contribution in [1.29, 1.82) is 0 Å². The molecule has 1 atom stereocenters. The van der Waals surface area contributed by atoms with Crippen molar-refractivity contribution < 1.29 is 13.2 Å². The largest absolute Gasteiger partial charge is 0.353 e. The van der Waals surface area contributed by atoms with Crippen LogP contribution in [0.2, 0.25) is 0 Å². The zero-order valence-corrected chi connectivity index (χ0v) is 17.6. The average molecular weight is 396 g/mol. The van der Waals surface area contributed by atoms with Gasteiger partial charge in [0.15, 0.2) is 0 Å². The van der Waals surface area contributed by atoms with E-state index in [4.69, 9.17) is 0 Å². The van der Waals surface area contributed by atoms with Crippen LogP contribution in [-0.4, -0.2) is 62.3 Å². The Balaban J connectivity index is 1.87. The first-order valence-electron chi connectivity index (χ1n) is 9.97. The highest BCUT2D eigenvalue weighted by molar-refractivity contribution is 7.89. The van der Waals surface area contributed by atoms with E-state index in [2.05, 4.69) is 19.2 Å². The Morgan fingerprint density at radius 3 is 2.26 bits per heavy atom. The first-order chi connectivity index (χ1) is 12.9. The number of amides is 1. The third kappa shape index (κ3) is 6.30. The molecule has 1 saturated heterocycles. The van der Waals surface area contributed by atoms with E-state index in [-0.39, 0.29) is 11.9 Å². The molecule has 1 aliphatic heterocycles. The number of hydrogen-bond donors (Lipinski definition) is 1. The number of hydrogen-bond acceptors (Lipinski definition) is 4. The number of nitrogens with one attached hydrogen (secondary N) is 1. The lowest BCUT2D eigenvalue weighted by Gasteiger charge is -2.33. The normalized spacial score (nSPS) is 17.6. The molecule has 1 amide bonds. The molecule has 7 heteroatoms. The maximum Gasteiger partial charge on any atom is 0.243 e. The molecule has 0 spiro atoms. The van der Waals surface area contributed by atoms with Gasteiger partial charge in [0.2, 0.25) is 15.9 Å². The molecule has 0 aliphatic carbocycles. The predicted octanol–water partition coefficient (Wildman–Crippen LogP) is 2.25. The van der Waals surface area contributed by atoms with Crippen molar-refractivity contribution in [3.8, 4) is 0 Å². The summed E-state index contributed by atoms with van der Waals surface area (Å²) >= 11 is 0. The van der Waals surface area contributed by atoms with Crippen LogP contribution in [-0.2, 0) is 21.2 Å². The molecule has 0 saturated carbocycles. The number of benzene rings is 1. The summed E-state index contributed by atoms with van der Waals surface area (Å²) in [5, 5.41) is 3.00. The van der Waals surface area contributed by atoms with E-state index in [1.165, 1.54) is 4.31 Å². The first-order valence-corrected chi connectivity index (χ1v) is 11.4. The second-order valence-corrected chi connectivity index (χ2v) is 9.27. The van der Waals surface area contributed by atoms with Gasteiger partial charge in [-0.05, 0) is 37.5 Å². The van der Waals surface area contributed by atoms with Crippen molar-refractivity contribution in [2.24, 2.45) is 0 Å². The maximum atomic E-state index is 12.8. The number of nitrogens with zero attached hydrogens (tertiary/aromatic N) is 2. The predicted molar refractivity (Wildman–Crippen MR) is 108 cm³/mol. The van der Waals surface area contributed by atoms with Crippen LogP contribution in [0.25, 0.3) is 0 Å². The summed E-state index contributed by atoms with van der Waals surface area (Å²) in [6.45, 7) is 8.51. The van der Waals surface area contributed by atoms with Gasteiger partial charge in [-0.1, -0.05) is 38.8 Å². The molecule has 2 rings (SSSR count). The topological polar surface area (TPSA) is 69.7 Å². The molecule has 0 bridgehead atoms. The fourth-order valence-electron chi connectivity index (χ4n) is 3.42. The zero-order chi connectivity index (χ0) is 19.9. The molecule has 1 N–H and O–H groups in total. The molecule has 0 unspecified atom stereocenters. The minimum atomic E-state index is -3.47. The Morgan fingerprint density at radius 1 is 1.07 bits per heavy atom. The van der Waals surface area contributed by atoms with Crippen LogP contribution in [0.1, 0.15) is 45.6 Å². The van der Waals surface area contributed by atoms with Crippen LogP contribution in [0.15, 0.2) is 29.2 Å². The van der Waals surface area contributed by atoms with E-state index in [0.29, 0.717) is 37.6 Å². The van der Waals surface area contributed by atoms with Crippen LogP contribution >= 0.6 is 0 Å². The maximum absolute atomic E-state index is 12.8. The van der Waals surface area contributed by atoms with Gasteiger partial charge in [-0.2, -0.15) is 4.31 Å². The minimum absolute atomic E-state index is 0.0128. The molecular weight excluding hydrogens is 362 g/mol. The van der Waals surface area contributed by atoms with Crippen molar-refractivity contribution >= 4 is 15.9 Å². The summed E-state index contributed by atoms with van der Waals surface area (Å²) in [5.41, 5.74) is 1.16. The van der Waals surface area contributed by atoms with E-state index >= 15 is 0 Å². The van der Waals surface area contributed by atoms with Gasteiger partial charge in [-0.15, -0.1) is 0 Å². The van der Waals surface area contributed by atoms with Crippen molar-refractivity contribution in [3.63, 3.8) is 0 Å². The van der Waals surface area contributed by atoms with Crippen molar-refractivity contribution in [2.75, 3.05) is 32.7 Å². The standard InChI is InChI=1S/C20H33N3O3S/c1-4-6-17(3)21-20(24)16-22-12-14-23(15-13-22)27(25,26)19-10-8-18(7-5-2)9-11-19/h8-11,17H,4-7,12-16H2,1-3H3,(H,21,24)/t17-/m0/s1. The number of carbonyl (C=O) groups excluding carboxylic acids is 1. The van der Waals surface area contributed by atoms with E-state index in [9.17, 15) is 13.2 Å². The van der Waals surface area contributed by atoms with Gasteiger partial charge < -0.3 is 5.32 Å². The molecule has 1 aliphatic rings. The first kappa shape index (κ1) is 21.9. The summed E-state index contributed by atoms with van der Waals surface area (Å²) in [6, 6.07) is 7.38.